The van der Waals surface area contributed by atoms with Gasteiger partial charge in [-0.1, -0.05) is 35.9 Å². The van der Waals surface area contributed by atoms with Crippen LogP contribution in [0.4, 0.5) is 0 Å². The fraction of sp³-hybridized carbons (Fsp3) is 0.364. The number of amides is 2. The van der Waals surface area contributed by atoms with Crippen LogP contribution in [0.5, 0.6) is 0 Å². The Bertz CT molecular complexity index is 821. The number of nitrogens with one attached hydrogen (secondary N) is 2. The number of hydrogen-bond acceptors (Lipinski definition) is 3. The van der Waals surface area contributed by atoms with E-state index in [1.165, 1.54) is 5.01 Å². The quantitative estimate of drug-likeness (QED) is 0.724. The molecule has 1 fully saturated rings. The average molecular weight is 400 g/mol. The molecule has 2 N–H and O–H groups in total. The molecule has 1 aliphatic rings. The molecular formula is C22H26ClN3O2. The van der Waals surface area contributed by atoms with Gasteiger partial charge in [0, 0.05) is 36.1 Å². The van der Waals surface area contributed by atoms with Gasteiger partial charge in [-0.25, -0.2) is 5.43 Å². The second-order valence-electron chi connectivity index (χ2n) is 7.18. The monoisotopic (exact) mass is 399 g/mol. The maximum atomic E-state index is 12.7. The van der Waals surface area contributed by atoms with Gasteiger partial charge in [0.05, 0.1) is 0 Å². The van der Waals surface area contributed by atoms with Gasteiger partial charge in [0.25, 0.3) is 5.91 Å². The second kappa shape index (κ2) is 9.22. The molecule has 2 aromatic rings. The standard InChI is InChI=1S/C22H26ClN3O2/c1-3-24-21(27)18-10-13-20(14-18)25-26(2)22(28)17-6-4-15(5-7-17)16-8-11-19(23)12-9-16/h4-9,11-12,18,20,25H,3,10,13-14H2,1-2H3,(H,24,27)/t18?,20-/m1/s1. The lowest BCUT2D eigenvalue weighted by Crippen LogP contribution is -2.45. The lowest BCUT2D eigenvalue weighted by atomic mass is 10.0. The third-order valence-corrected chi connectivity index (χ3v) is 5.40. The Morgan fingerprint density at radius 1 is 1.04 bits per heavy atom. The molecule has 0 heterocycles. The lowest BCUT2D eigenvalue weighted by Gasteiger charge is -2.23. The van der Waals surface area contributed by atoms with Crippen molar-refractivity contribution in [2.45, 2.75) is 32.2 Å². The molecule has 2 atom stereocenters. The summed E-state index contributed by atoms with van der Waals surface area (Å²) in [7, 11) is 1.73. The van der Waals surface area contributed by atoms with Crippen molar-refractivity contribution >= 4 is 23.4 Å². The summed E-state index contributed by atoms with van der Waals surface area (Å²) in [5.74, 6) is 0.0438. The summed E-state index contributed by atoms with van der Waals surface area (Å²) in [6, 6.07) is 15.3. The van der Waals surface area contributed by atoms with Gasteiger partial charge in [-0.05, 0) is 61.6 Å². The molecule has 6 heteroatoms. The third-order valence-electron chi connectivity index (χ3n) is 5.14. The minimum absolute atomic E-state index is 0.0274. The lowest BCUT2D eigenvalue weighted by molar-refractivity contribution is -0.124. The Kier molecular flexibility index (Phi) is 6.70. The number of halogens is 1. The van der Waals surface area contributed by atoms with Gasteiger partial charge in [0.1, 0.15) is 0 Å². The zero-order chi connectivity index (χ0) is 20.1. The van der Waals surface area contributed by atoms with Gasteiger partial charge < -0.3 is 5.32 Å². The first-order valence-corrected chi connectivity index (χ1v) is 10.0. The van der Waals surface area contributed by atoms with Crippen molar-refractivity contribution in [2.24, 2.45) is 5.92 Å². The summed E-state index contributed by atoms with van der Waals surface area (Å²) in [5, 5.41) is 5.11. The summed E-state index contributed by atoms with van der Waals surface area (Å²) in [4.78, 5) is 24.7. The van der Waals surface area contributed by atoms with Crippen molar-refractivity contribution < 1.29 is 9.59 Å². The molecule has 0 aliphatic heterocycles. The molecule has 5 nitrogen and oxygen atoms in total. The van der Waals surface area contributed by atoms with E-state index >= 15 is 0 Å². The van der Waals surface area contributed by atoms with E-state index in [0.717, 1.165) is 30.4 Å². The SMILES string of the molecule is CCNC(=O)C1CC[C@@H](NN(C)C(=O)c2ccc(-c3ccc(Cl)cc3)cc2)C1. The van der Waals surface area contributed by atoms with Gasteiger partial charge >= 0.3 is 0 Å². The molecule has 1 aliphatic carbocycles. The molecule has 2 aromatic carbocycles. The van der Waals surface area contributed by atoms with Crippen molar-refractivity contribution in [3.8, 4) is 11.1 Å². The Morgan fingerprint density at radius 2 is 1.64 bits per heavy atom. The van der Waals surface area contributed by atoms with Crippen LogP contribution >= 0.6 is 11.6 Å². The number of hydrogen-bond donors (Lipinski definition) is 2. The van der Waals surface area contributed by atoms with Gasteiger partial charge in [0.15, 0.2) is 0 Å². The van der Waals surface area contributed by atoms with Crippen molar-refractivity contribution in [1.82, 2.24) is 15.8 Å². The van der Waals surface area contributed by atoms with E-state index in [0.29, 0.717) is 17.1 Å². The van der Waals surface area contributed by atoms with E-state index in [9.17, 15) is 9.59 Å². The molecule has 0 saturated heterocycles. The average Bonchev–Trinajstić information content (AvgIpc) is 3.17. The highest BCUT2D eigenvalue weighted by molar-refractivity contribution is 6.30. The van der Waals surface area contributed by atoms with Crippen LogP contribution in [0.15, 0.2) is 48.5 Å². The van der Waals surface area contributed by atoms with E-state index in [4.69, 9.17) is 11.6 Å². The van der Waals surface area contributed by atoms with Crippen molar-refractivity contribution in [2.75, 3.05) is 13.6 Å². The number of nitrogens with zero attached hydrogens (tertiary/aromatic N) is 1. The molecule has 148 valence electrons. The molecule has 0 spiro atoms. The van der Waals surface area contributed by atoms with Crippen LogP contribution in [0.2, 0.25) is 5.02 Å². The van der Waals surface area contributed by atoms with Crippen LogP contribution in [0.1, 0.15) is 36.5 Å². The maximum absolute atomic E-state index is 12.7. The van der Waals surface area contributed by atoms with E-state index in [-0.39, 0.29) is 23.8 Å². The summed E-state index contributed by atoms with van der Waals surface area (Å²) in [6.45, 7) is 2.57. The summed E-state index contributed by atoms with van der Waals surface area (Å²) in [6.07, 6.45) is 2.48. The first-order valence-electron chi connectivity index (χ1n) is 9.66. The van der Waals surface area contributed by atoms with E-state index in [1.54, 1.807) is 7.05 Å². The first kappa shape index (κ1) is 20.4. The molecule has 3 rings (SSSR count). The Morgan fingerprint density at radius 3 is 2.25 bits per heavy atom. The van der Waals surface area contributed by atoms with Gasteiger partial charge in [-0.2, -0.15) is 0 Å². The third kappa shape index (κ3) is 4.91. The van der Waals surface area contributed by atoms with Gasteiger partial charge in [0.2, 0.25) is 5.91 Å². The number of benzene rings is 2. The van der Waals surface area contributed by atoms with Crippen LogP contribution in [0.25, 0.3) is 11.1 Å². The minimum Gasteiger partial charge on any atom is -0.356 e. The molecule has 1 unspecified atom stereocenters. The van der Waals surface area contributed by atoms with E-state index < -0.39 is 0 Å². The molecule has 0 aromatic heterocycles. The highest BCUT2D eigenvalue weighted by atomic mass is 35.5. The van der Waals surface area contributed by atoms with Crippen LogP contribution in [-0.4, -0.2) is 36.5 Å². The molecule has 1 saturated carbocycles. The highest BCUT2D eigenvalue weighted by Gasteiger charge is 2.30. The zero-order valence-corrected chi connectivity index (χ0v) is 17.0. The largest absolute Gasteiger partial charge is 0.356 e. The highest BCUT2D eigenvalue weighted by Crippen LogP contribution is 2.26. The van der Waals surface area contributed by atoms with E-state index in [2.05, 4.69) is 10.7 Å². The minimum atomic E-state index is -0.0934. The fourth-order valence-electron chi connectivity index (χ4n) is 3.63. The number of rotatable bonds is 6. The van der Waals surface area contributed by atoms with Crippen molar-refractivity contribution in [1.29, 1.82) is 0 Å². The van der Waals surface area contributed by atoms with Crippen LogP contribution in [-0.2, 0) is 4.79 Å². The molecule has 2 amide bonds. The fourth-order valence-corrected chi connectivity index (χ4v) is 3.76. The number of carbonyl (C=O) groups is 2. The smallest absolute Gasteiger partial charge is 0.267 e. The topological polar surface area (TPSA) is 61.4 Å². The van der Waals surface area contributed by atoms with Gasteiger partial charge in [-0.3, -0.25) is 14.6 Å². The predicted octanol–water partition coefficient (Wildman–Crippen LogP) is 3.89. The Labute approximate surface area is 171 Å². The number of carbonyl (C=O) groups excluding carboxylic acids is 2. The van der Waals surface area contributed by atoms with Gasteiger partial charge in [-0.15, -0.1) is 0 Å². The first-order chi connectivity index (χ1) is 13.5. The van der Waals surface area contributed by atoms with Crippen molar-refractivity contribution in [3.05, 3.63) is 59.1 Å². The zero-order valence-electron chi connectivity index (χ0n) is 16.2. The maximum Gasteiger partial charge on any atom is 0.267 e. The molecular weight excluding hydrogens is 374 g/mol. The van der Waals surface area contributed by atoms with Crippen molar-refractivity contribution in [3.63, 3.8) is 0 Å². The predicted molar refractivity (Wildman–Crippen MR) is 112 cm³/mol. The van der Waals surface area contributed by atoms with E-state index in [1.807, 2.05) is 55.5 Å². The molecule has 0 radical (unpaired) electrons. The Hall–Kier alpha value is -2.37. The summed E-state index contributed by atoms with van der Waals surface area (Å²) < 4.78 is 0. The van der Waals surface area contributed by atoms with Crippen LogP contribution in [0, 0.1) is 5.92 Å². The van der Waals surface area contributed by atoms with Crippen LogP contribution in [0.3, 0.4) is 0 Å². The second-order valence-corrected chi connectivity index (χ2v) is 7.62. The van der Waals surface area contributed by atoms with Crippen LogP contribution < -0.4 is 10.7 Å². The normalized spacial score (nSPS) is 18.7. The number of hydrazine groups is 1. The summed E-state index contributed by atoms with van der Waals surface area (Å²) in [5.41, 5.74) is 5.95. The molecule has 0 bridgehead atoms. The summed E-state index contributed by atoms with van der Waals surface area (Å²) >= 11 is 5.93. The Balaban J connectivity index is 1.58. The molecule has 28 heavy (non-hydrogen) atoms.